The molecule has 0 radical (unpaired) electrons. The molecule has 0 spiro atoms. The summed E-state index contributed by atoms with van der Waals surface area (Å²) in [7, 11) is 0. The van der Waals surface area contributed by atoms with Crippen LogP contribution in [0.3, 0.4) is 0 Å². The van der Waals surface area contributed by atoms with Gasteiger partial charge in [-0.3, -0.25) is 9.78 Å². The number of aromatic nitrogens is 1. The number of alkyl halides is 3. The van der Waals surface area contributed by atoms with Crippen LogP contribution in [0.1, 0.15) is 17.0 Å². The van der Waals surface area contributed by atoms with E-state index in [1.165, 1.54) is 6.92 Å². The first-order chi connectivity index (χ1) is 8.23. The molecule has 8 heteroatoms. The minimum absolute atomic E-state index is 0.0671. The van der Waals surface area contributed by atoms with Crippen molar-refractivity contribution in [2.75, 3.05) is 0 Å². The van der Waals surface area contributed by atoms with E-state index in [4.69, 9.17) is 10.8 Å². The zero-order chi connectivity index (χ0) is 13.9. The van der Waals surface area contributed by atoms with Crippen molar-refractivity contribution in [3.05, 3.63) is 23.0 Å². The average molecular weight is 264 g/mol. The smallest absolute Gasteiger partial charge is 0.481 e. The molecule has 1 heterocycles. The second-order valence-corrected chi connectivity index (χ2v) is 3.50. The van der Waals surface area contributed by atoms with Crippen LogP contribution in [0.15, 0.2) is 6.07 Å². The zero-order valence-corrected chi connectivity index (χ0v) is 9.41. The molecule has 0 aliphatic heterocycles. The summed E-state index contributed by atoms with van der Waals surface area (Å²) in [6.07, 6.45) is -5.50. The first-order valence-corrected chi connectivity index (χ1v) is 4.90. The molecule has 0 aliphatic rings. The van der Waals surface area contributed by atoms with Crippen LogP contribution in [0, 0.1) is 6.92 Å². The monoisotopic (exact) mass is 264 g/mol. The third-order valence-corrected chi connectivity index (χ3v) is 2.11. The average Bonchev–Trinajstić information content (AvgIpc) is 2.20. The van der Waals surface area contributed by atoms with Crippen molar-refractivity contribution in [2.24, 2.45) is 5.73 Å². The van der Waals surface area contributed by atoms with Crippen LogP contribution in [0.25, 0.3) is 0 Å². The Bertz CT molecular complexity index is 460. The second-order valence-electron chi connectivity index (χ2n) is 3.50. The number of hydrogen-bond acceptors (Lipinski definition) is 4. The summed E-state index contributed by atoms with van der Waals surface area (Å²) in [5, 5.41) is 8.65. The number of hydrogen-bond donors (Lipinski definition) is 2. The Balaban J connectivity index is 3.24. The number of ether oxygens (including phenoxy) is 1. The highest BCUT2D eigenvalue weighted by atomic mass is 19.4. The molecular formula is C10H11F3N2O3. The maximum atomic E-state index is 12.2. The van der Waals surface area contributed by atoms with Gasteiger partial charge < -0.3 is 15.6 Å². The predicted octanol–water partition coefficient (Wildman–Crippen LogP) is 1.37. The van der Waals surface area contributed by atoms with Crippen LogP contribution in [0.4, 0.5) is 13.2 Å². The van der Waals surface area contributed by atoms with Crippen molar-refractivity contribution < 1.29 is 27.8 Å². The molecule has 0 bridgehead atoms. The molecule has 0 amide bonds. The third-order valence-electron chi connectivity index (χ3n) is 2.11. The molecule has 0 atom stereocenters. The van der Waals surface area contributed by atoms with Gasteiger partial charge in [0.15, 0.2) is 0 Å². The summed E-state index contributed by atoms with van der Waals surface area (Å²) in [6, 6.07) is 0.999. The number of rotatable bonds is 4. The van der Waals surface area contributed by atoms with Crippen LogP contribution < -0.4 is 10.5 Å². The Labute approximate surface area is 100 Å². The molecule has 0 saturated heterocycles. The van der Waals surface area contributed by atoms with Gasteiger partial charge in [-0.05, 0) is 6.92 Å². The zero-order valence-electron chi connectivity index (χ0n) is 9.41. The fourth-order valence-corrected chi connectivity index (χ4v) is 1.42. The highest BCUT2D eigenvalue weighted by Crippen LogP contribution is 2.29. The lowest BCUT2D eigenvalue weighted by molar-refractivity contribution is -0.275. The molecule has 0 aliphatic carbocycles. The number of carboxylic acids is 1. The molecule has 1 aromatic rings. The molecule has 3 N–H and O–H groups in total. The topological polar surface area (TPSA) is 85.4 Å². The molecule has 1 aromatic heterocycles. The van der Waals surface area contributed by atoms with Crippen molar-refractivity contribution in [1.82, 2.24) is 4.98 Å². The Hall–Kier alpha value is -1.83. The highest BCUT2D eigenvalue weighted by molar-refractivity contribution is 5.71. The van der Waals surface area contributed by atoms with Crippen LogP contribution in [-0.2, 0) is 17.8 Å². The van der Waals surface area contributed by atoms with E-state index < -0.39 is 24.5 Å². The van der Waals surface area contributed by atoms with E-state index in [0.29, 0.717) is 0 Å². The summed E-state index contributed by atoms with van der Waals surface area (Å²) in [5.41, 5.74) is 5.52. The van der Waals surface area contributed by atoms with E-state index in [1.807, 2.05) is 0 Å². The van der Waals surface area contributed by atoms with E-state index >= 15 is 0 Å². The van der Waals surface area contributed by atoms with Crippen LogP contribution in [-0.4, -0.2) is 22.4 Å². The molecule has 0 unspecified atom stereocenters. The Kier molecular flexibility index (Phi) is 4.12. The first-order valence-electron chi connectivity index (χ1n) is 4.90. The van der Waals surface area contributed by atoms with Gasteiger partial charge in [-0.1, -0.05) is 0 Å². The number of carboxylic acid groups (broad SMARTS) is 1. The van der Waals surface area contributed by atoms with Gasteiger partial charge in [-0.25, -0.2) is 0 Å². The summed E-state index contributed by atoms with van der Waals surface area (Å²) < 4.78 is 40.4. The molecular weight excluding hydrogens is 253 g/mol. The van der Waals surface area contributed by atoms with E-state index in [1.54, 1.807) is 0 Å². The van der Waals surface area contributed by atoms with Crippen molar-refractivity contribution >= 4 is 5.97 Å². The summed E-state index contributed by atoms with van der Waals surface area (Å²) >= 11 is 0. The van der Waals surface area contributed by atoms with Gasteiger partial charge in [-0.2, -0.15) is 0 Å². The predicted molar refractivity (Wildman–Crippen MR) is 54.9 cm³/mol. The standard InChI is InChI=1S/C10H11F3N2O3/c1-5-7(3-9(16)17)8(18-10(11,12)13)2-6(4-14)15-5/h2H,3-4,14H2,1H3,(H,16,17). The molecule has 0 aromatic carbocycles. The molecule has 18 heavy (non-hydrogen) atoms. The van der Waals surface area contributed by atoms with Crippen molar-refractivity contribution in [3.63, 3.8) is 0 Å². The van der Waals surface area contributed by atoms with Crippen LogP contribution >= 0.6 is 0 Å². The van der Waals surface area contributed by atoms with Crippen molar-refractivity contribution in [2.45, 2.75) is 26.3 Å². The van der Waals surface area contributed by atoms with Crippen LogP contribution in [0.2, 0.25) is 0 Å². The fraction of sp³-hybridized carbons (Fsp3) is 0.400. The number of halogens is 3. The second kappa shape index (κ2) is 5.21. The Morgan fingerprint density at radius 1 is 1.56 bits per heavy atom. The lowest BCUT2D eigenvalue weighted by atomic mass is 10.1. The first kappa shape index (κ1) is 14.2. The summed E-state index contributed by atoms with van der Waals surface area (Å²) in [6.45, 7) is 1.34. The molecule has 1 rings (SSSR count). The lowest BCUT2D eigenvalue weighted by Crippen LogP contribution is -2.20. The number of nitrogens with two attached hydrogens (primary N) is 1. The quantitative estimate of drug-likeness (QED) is 0.857. The molecule has 0 fully saturated rings. The maximum Gasteiger partial charge on any atom is 0.573 e. The summed E-state index contributed by atoms with van der Waals surface area (Å²) in [5.74, 6) is -1.84. The molecule has 0 saturated carbocycles. The number of aliphatic carboxylic acids is 1. The minimum atomic E-state index is -4.90. The fourth-order valence-electron chi connectivity index (χ4n) is 1.42. The van der Waals surface area contributed by atoms with Crippen LogP contribution in [0.5, 0.6) is 5.75 Å². The molecule has 5 nitrogen and oxygen atoms in total. The number of aryl methyl sites for hydroxylation is 1. The van der Waals surface area contributed by atoms with Gasteiger partial charge >= 0.3 is 12.3 Å². The van der Waals surface area contributed by atoms with Gasteiger partial charge in [0, 0.05) is 23.9 Å². The van der Waals surface area contributed by atoms with Crippen molar-refractivity contribution in [3.8, 4) is 5.75 Å². The Morgan fingerprint density at radius 2 is 2.17 bits per heavy atom. The van der Waals surface area contributed by atoms with Crippen molar-refractivity contribution in [1.29, 1.82) is 0 Å². The Morgan fingerprint density at radius 3 is 2.61 bits per heavy atom. The number of carbonyl (C=O) groups is 1. The van der Waals surface area contributed by atoms with E-state index in [0.717, 1.165) is 6.07 Å². The lowest BCUT2D eigenvalue weighted by Gasteiger charge is -2.15. The van der Waals surface area contributed by atoms with E-state index in [-0.39, 0.29) is 23.5 Å². The van der Waals surface area contributed by atoms with E-state index in [2.05, 4.69) is 9.72 Å². The molecule has 100 valence electrons. The van der Waals surface area contributed by atoms with Gasteiger partial charge in [0.1, 0.15) is 5.75 Å². The number of pyridine rings is 1. The highest BCUT2D eigenvalue weighted by Gasteiger charge is 2.33. The SMILES string of the molecule is Cc1nc(CN)cc(OC(F)(F)F)c1CC(=O)O. The maximum absolute atomic E-state index is 12.2. The largest absolute Gasteiger partial charge is 0.573 e. The minimum Gasteiger partial charge on any atom is -0.481 e. The van der Waals surface area contributed by atoms with Gasteiger partial charge in [0.2, 0.25) is 0 Å². The van der Waals surface area contributed by atoms with E-state index in [9.17, 15) is 18.0 Å². The van der Waals surface area contributed by atoms with Gasteiger partial charge in [-0.15, -0.1) is 13.2 Å². The van der Waals surface area contributed by atoms with Gasteiger partial charge in [0.25, 0.3) is 0 Å². The number of nitrogens with zero attached hydrogens (tertiary/aromatic N) is 1. The van der Waals surface area contributed by atoms with Gasteiger partial charge in [0.05, 0.1) is 12.1 Å². The normalized spacial score (nSPS) is 11.4. The third kappa shape index (κ3) is 3.88. The summed E-state index contributed by atoms with van der Waals surface area (Å²) in [4.78, 5) is 14.5.